The molecule has 0 fully saturated rings. The lowest BCUT2D eigenvalue weighted by molar-refractivity contribution is -0.274. The third kappa shape index (κ3) is 7.47. The molecule has 0 radical (unpaired) electrons. The third-order valence-corrected chi connectivity index (χ3v) is 4.84. The lowest BCUT2D eigenvalue weighted by Crippen LogP contribution is -2.16. The predicted molar refractivity (Wildman–Crippen MR) is 125 cm³/mol. The summed E-state index contributed by atoms with van der Waals surface area (Å²) in [5, 5.41) is 11.9. The van der Waals surface area contributed by atoms with Crippen molar-refractivity contribution < 1.29 is 17.9 Å². The molecule has 178 valence electrons. The molecule has 4 aromatic rings. The topological polar surface area (TPSA) is 84.7 Å². The largest absolute Gasteiger partial charge is 0.573 e. The maximum Gasteiger partial charge on any atom is 0.573 e. The van der Waals surface area contributed by atoms with Gasteiger partial charge in [-0.3, -0.25) is 0 Å². The van der Waals surface area contributed by atoms with E-state index in [1.165, 1.54) is 24.3 Å². The molecule has 0 aliphatic rings. The van der Waals surface area contributed by atoms with Crippen molar-refractivity contribution in [3.63, 3.8) is 0 Å². The standard InChI is InChI=1S/C24H18ClF3N6O/c25-21-11-8-17(13-29-21)14-30-22-12-20(18-4-2-1-3-5-18)32-23(33-22)34-31-15-16-6-9-19(10-7-16)35-24(26,27)28/h1-13H,14-15H2,(H,30,32,33). The van der Waals surface area contributed by atoms with Gasteiger partial charge in [0.2, 0.25) is 0 Å². The molecule has 35 heavy (non-hydrogen) atoms. The van der Waals surface area contributed by atoms with E-state index in [0.717, 1.165) is 11.1 Å². The van der Waals surface area contributed by atoms with Crippen molar-refractivity contribution in [1.82, 2.24) is 15.0 Å². The lowest BCUT2D eigenvalue weighted by Gasteiger charge is -2.09. The van der Waals surface area contributed by atoms with E-state index in [2.05, 4.69) is 35.2 Å². The number of aromatic nitrogens is 3. The zero-order chi connectivity index (χ0) is 24.7. The molecule has 11 heteroatoms. The van der Waals surface area contributed by atoms with Crippen LogP contribution in [0.15, 0.2) is 89.2 Å². The Kier molecular flexibility index (Phi) is 7.51. The zero-order valence-electron chi connectivity index (χ0n) is 18.1. The van der Waals surface area contributed by atoms with E-state index in [1.807, 2.05) is 36.4 Å². The maximum absolute atomic E-state index is 12.3. The van der Waals surface area contributed by atoms with Crippen LogP contribution in [0.25, 0.3) is 11.3 Å². The van der Waals surface area contributed by atoms with Gasteiger partial charge in [0.15, 0.2) is 0 Å². The quantitative estimate of drug-likeness (QED) is 0.209. The number of alkyl halides is 3. The van der Waals surface area contributed by atoms with Crippen LogP contribution >= 0.6 is 11.6 Å². The highest BCUT2D eigenvalue weighted by atomic mass is 35.5. The Morgan fingerprint density at radius 1 is 0.914 bits per heavy atom. The minimum atomic E-state index is -4.74. The Morgan fingerprint density at radius 2 is 1.66 bits per heavy atom. The van der Waals surface area contributed by atoms with Gasteiger partial charge in [-0.2, -0.15) is 10.1 Å². The van der Waals surface area contributed by atoms with Crippen LogP contribution in [-0.4, -0.2) is 21.3 Å². The zero-order valence-corrected chi connectivity index (χ0v) is 18.8. The summed E-state index contributed by atoms with van der Waals surface area (Å²) < 4.78 is 40.8. The molecule has 0 spiro atoms. The van der Waals surface area contributed by atoms with Gasteiger partial charge in [0, 0.05) is 24.4 Å². The summed E-state index contributed by atoms with van der Waals surface area (Å²) in [5.74, 6) is 0.375. The van der Waals surface area contributed by atoms with Gasteiger partial charge in [0.25, 0.3) is 5.95 Å². The molecule has 0 amide bonds. The summed E-state index contributed by atoms with van der Waals surface area (Å²) in [6.07, 6.45) is -3.07. The van der Waals surface area contributed by atoms with Crippen LogP contribution < -0.4 is 10.1 Å². The fraction of sp³-hybridized carbons (Fsp3) is 0.125. The van der Waals surface area contributed by atoms with Gasteiger partial charge >= 0.3 is 6.36 Å². The van der Waals surface area contributed by atoms with Crippen molar-refractivity contribution in [1.29, 1.82) is 0 Å². The molecular weight excluding hydrogens is 481 g/mol. The molecule has 0 unspecified atom stereocenters. The monoisotopic (exact) mass is 498 g/mol. The predicted octanol–water partition coefficient (Wildman–Crippen LogP) is 6.99. The van der Waals surface area contributed by atoms with Crippen LogP contribution in [0.1, 0.15) is 11.1 Å². The molecule has 0 saturated heterocycles. The normalized spacial score (nSPS) is 11.5. The molecular formula is C24H18ClF3N6O. The van der Waals surface area contributed by atoms with Crippen molar-refractivity contribution in [3.05, 3.63) is 95.3 Å². The molecule has 0 atom stereocenters. The Bertz CT molecular complexity index is 1280. The number of pyridine rings is 1. The molecule has 0 aliphatic heterocycles. The van der Waals surface area contributed by atoms with Crippen LogP contribution in [0.5, 0.6) is 5.75 Å². The highest BCUT2D eigenvalue weighted by Crippen LogP contribution is 2.25. The lowest BCUT2D eigenvalue weighted by atomic mass is 10.1. The molecule has 0 bridgehead atoms. The van der Waals surface area contributed by atoms with E-state index in [4.69, 9.17) is 11.6 Å². The number of hydrogen-bond acceptors (Lipinski definition) is 7. The average Bonchev–Trinajstić information content (AvgIpc) is 2.84. The molecule has 1 N–H and O–H groups in total. The number of halogens is 4. The number of rotatable bonds is 8. The molecule has 0 saturated carbocycles. The van der Waals surface area contributed by atoms with Gasteiger partial charge < -0.3 is 10.1 Å². The van der Waals surface area contributed by atoms with Crippen LogP contribution in [-0.2, 0) is 13.1 Å². The summed E-state index contributed by atoms with van der Waals surface area (Å²) in [6, 6.07) is 20.3. The number of nitrogens with zero attached hydrogens (tertiary/aromatic N) is 5. The first-order chi connectivity index (χ1) is 16.8. The van der Waals surface area contributed by atoms with Crippen molar-refractivity contribution in [2.45, 2.75) is 19.5 Å². The number of azo groups is 1. The number of nitrogens with one attached hydrogen (secondary N) is 1. The van der Waals surface area contributed by atoms with E-state index < -0.39 is 6.36 Å². The van der Waals surface area contributed by atoms with Crippen molar-refractivity contribution in [3.8, 4) is 17.0 Å². The number of anilines is 1. The van der Waals surface area contributed by atoms with E-state index in [-0.39, 0.29) is 18.2 Å². The van der Waals surface area contributed by atoms with E-state index in [0.29, 0.717) is 28.8 Å². The summed E-state index contributed by atoms with van der Waals surface area (Å²) in [4.78, 5) is 12.9. The first kappa shape index (κ1) is 24.1. The summed E-state index contributed by atoms with van der Waals surface area (Å²) in [6.45, 7) is 0.586. The van der Waals surface area contributed by atoms with Gasteiger partial charge in [-0.25, -0.2) is 9.97 Å². The van der Waals surface area contributed by atoms with Crippen LogP contribution in [0.2, 0.25) is 5.15 Å². The molecule has 0 aliphatic carbocycles. The highest BCUT2D eigenvalue weighted by molar-refractivity contribution is 6.29. The van der Waals surface area contributed by atoms with Crippen LogP contribution in [0.4, 0.5) is 24.9 Å². The minimum Gasteiger partial charge on any atom is -0.406 e. The number of hydrogen-bond donors (Lipinski definition) is 1. The Labute approximate surface area is 203 Å². The second-order valence-electron chi connectivity index (χ2n) is 7.24. The van der Waals surface area contributed by atoms with E-state index >= 15 is 0 Å². The summed E-state index contributed by atoms with van der Waals surface area (Å²) in [5.41, 5.74) is 3.09. The first-order valence-corrected chi connectivity index (χ1v) is 10.7. The van der Waals surface area contributed by atoms with Crippen molar-refractivity contribution in [2.24, 2.45) is 10.2 Å². The SMILES string of the molecule is FC(F)(F)Oc1ccc(CN=Nc2nc(NCc3ccc(Cl)nc3)cc(-c3ccccc3)n2)cc1. The Balaban J connectivity index is 1.50. The van der Waals surface area contributed by atoms with Gasteiger partial charge in [-0.1, -0.05) is 60.1 Å². The third-order valence-electron chi connectivity index (χ3n) is 4.62. The highest BCUT2D eigenvalue weighted by Gasteiger charge is 2.30. The van der Waals surface area contributed by atoms with Gasteiger partial charge in [-0.05, 0) is 29.3 Å². The van der Waals surface area contributed by atoms with Crippen molar-refractivity contribution >= 4 is 23.4 Å². The fourth-order valence-electron chi connectivity index (χ4n) is 3.01. The van der Waals surface area contributed by atoms with E-state index in [1.54, 1.807) is 18.3 Å². The van der Waals surface area contributed by atoms with Crippen molar-refractivity contribution in [2.75, 3.05) is 5.32 Å². The Hall–Kier alpha value is -4.05. The molecule has 2 aromatic carbocycles. The first-order valence-electron chi connectivity index (χ1n) is 10.3. The smallest absolute Gasteiger partial charge is 0.406 e. The van der Waals surface area contributed by atoms with Gasteiger partial charge in [0.05, 0.1) is 12.2 Å². The van der Waals surface area contributed by atoms with E-state index in [9.17, 15) is 13.2 Å². The molecule has 2 heterocycles. The maximum atomic E-state index is 12.3. The molecule has 4 rings (SSSR count). The second kappa shape index (κ2) is 10.9. The van der Waals surface area contributed by atoms with Gasteiger partial charge in [0.1, 0.15) is 16.7 Å². The van der Waals surface area contributed by atoms with Gasteiger partial charge in [-0.15, -0.1) is 18.3 Å². The summed E-state index contributed by atoms with van der Waals surface area (Å²) in [7, 11) is 0. The molecule has 7 nitrogen and oxygen atoms in total. The Morgan fingerprint density at radius 3 is 2.34 bits per heavy atom. The molecule has 2 aromatic heterocycles. The van der Waals surface area contributed by atoms with Crippen LogP contribution in [0.3, 0.4) is 0 Å². The fourth-order valence-corrected chi connectivity index (χ4v) is 3.12. The number of benzene rings is 2. The minimum absolute atomic E-state index is 0.129. The average molecular weight is 499 g/mol. The number of ether oxygens (including phenoxy) is 1. The summed E-state index contributed by atoms with van der Waals surface area (Å²) >= 11 is 5.84. The second-order valence-corrected chi connectivity index (χ2v) is 7.63. The van der Waals surface area contributed by atoms with Crippen LogP contribution in [0, 0.1) is 0 Å².